The molecule has 0 saturated carbocycles. The number of ether oxygens (including phenoxy) is 1. The summed E-state index contributed by atoms with van der Waals surface area (Å²) >= 11 is 8.88. The fraction of sp³-hybridized carbons (Fsp3) is 0.194. The van der Waals surface area contributed by atoms with E-state index in [1.807, 2.05) is 6.07 Å². The number of thioether (sulfide) groups is 1. The van der Waals surface area contributed by atoms with Gasteiger partial charge in [-0.05, 0) is 66.9 Å². The van der Waals surface area contributed by atoms with Crippen molar-refractivity contribution in [2.24, 2.45) is 0 Å². The fourth-order valence-corrected chi connectivity index (χ4v) is 7.46. The average Bonchev–Trinajstić information content (AvgIpc) is 3.45. The zero-order valence-corrected chi connectivity index (χ0v) is 29.3. The zero-order chi connectivity index (χ0) is 35.1. The maximum atomic E-state index is 13.5. The van der Waals surface area contributed by atoms with Crippen LogP contribution in [0.15, 0.2) is 89.5 Å². The van der Waals surface area contributed by atoms with Crippen LogP contribution in [-0.4, -0.2) is 53.4 Å². The molecule has 3 N–H and O–H groups in total. The molecular formula is C36H33ClN4O6S2. The highest BCUT2D eigenvalue weighted by atomic mass is 35.5. The van der Waals surface area contributed by atoms with Gasteiger partial charge in [-0.25, -0.2) is 4.79 Å². The second-order valence-electron chi connectivity index (χ2n) is 11.0. The summed E-state index contributed by atoms with van der Waals surface area (Å²) in [4.78, 5) is 67.8. The normalized spacial score (nSPS) is 13.1. The fourth-order valence-electron chi connectivity index (χ4n) is 5.09. The maximum Gasteiger partial charge on any atom is 0.341 e. The predicted molar refractivity (Wildman–Crippen MR) is 193 cm³/mol. The number of fused-ring (bicyclic) bond motifs is 1. The molecule has 3 aromatic carbocycles. The Kier molecular flexibility index (Phi) is 11.6. The minimum atomic E-state index is -0.592. The van der Waals surface area contributed by atoms with Crippen molar-refractivity contribution >= 4 is 81.1 Å². The Morgan fingerprint density at radius 3 is 2.43 bits per heavy atom. The largest absolute Gasteiger partial charge is 0.465 e. The Hall–Kier alpha value is -4.91. The van der Waals surface area contributed by atoms with Crippen LogP contribution < -0.4 is 16.0 Å². The molecule has 5 rings (SSSR count). The lowest BCUT2D eigenvalue weighted by molar-refractivity contribution is -0.129. The van der Waals surface area contributed by atoms with Gasteiger partial charge in [0.1, 0.15) is 10.7 Å². The van der Waals surface area contributed by atoms with E-state index in [2.05, 4.69) is 16.0 Å². The van der Waals surface area contributed by atoms with E-state index in [1.54, 1.807) is 84.6 Å². The Morgan fingerprint density at radius 1 is 0.980 bits per heavy atom. The molecule has 0 spiro atoms. The molecule has 10 nitrogen and oxygen atoms in total. The van der Waals surface area contributed by atoms with Crippen molar-refractivity contribution in [3.63, 3.8) is 0 Å². The molecule has 1 aliphatic heterocycles. The van der Waals surface area contributed by atoms with E-state index in [9.17, 15) is 24.0 Å². The van der Waals surface area contributed by atoms with E-state index in [4.69, 9.17) is 16.3 Å². The second-order valence-corrected chi connectivity index (χ2v) is 13.9. The number of carbonyl (C=O) groups excluding carboxylic acids is 5. The Morgan fingerprint density at radius 2 is 1.71 bits per heavy atom. The molecule has 0 bridgehead atoms. The van der Waals surface area contributed by atoms with Crippen LogP contribution in [0.25, 0.3) is 6.08 Å². The molecule has 0 saturated heterocycles. The number of carbonyl (C=O) groups is 5. The van der Waals surface area contributed by atoms with Gasteiger partial charge in [-0.3, -0.25) is 19.2 Å². The van der Waals surface area contributed by atoms with Gasteiger partial charge in [-0.15, -0.1) is 23.1 Å². The van der Waals surface area contributed by atoms with E-state index in [0.29, 0.717) is 56.8 Å². The number of nitrogens with one attached hydrogen (secondary N) is 3. The number of thiophene rings is 1. The SMILES string of the molecule is COC(=O)c1c(NC(=O)C(C)Sc2cccc(NC(=O)/C(=C\c3ccccc3Cl)NC(=O)c3ccccc3)c2)sc2c1CCN(C(C)=O)C2. The number of methoxy groups -OCH3 is 1. The molecule has 1 unspecified atom stereocenters. The average molecular weight is 717 g/mol. The summed E-state index contributed by atoms with van der Waals surface area (Å²) in [7, 11) is 1.29. The molecule has 252 valence electrons. The van der Waals surface area contributed by atoms with E-state index in [-0.39, 0.29) is 17.5 Å². The second kappa shape index (κ2) is 16.0. The number of esters is 1. The minimum absolute atomic E-state index is 0.0146. The van der Waals surface area contributed by atoms with Crippen LogP contribution in [0, 0.1) is 0 Å². The van der Waals surface area contributed by atoms with Crippen LogP contribution in [0.2, 0.25) is 5.02 Å². The van der Waals surface area contributed by atoms with Gasteiger partial charge < -0.3 is 25.6 Å². The molecule has 0 aliphatic carbocycles. The number of benzene rings is 3. The summed E-state index contributed by atoms with van der Waals surface area (Å²) in [6, 6.07) is 22.5. The molecule has 0 fully saturated rings. The maximum absolute atomic E-state index is 13.5. The number of nitrogens with zero attached hydrogens (tertiary/aromatic N) is 1. The standard InChI is InChI=1S/C36H33ClN4O6S2/c1-21(32(43)40-35-31(36(46)47-3)27-16-17-41(22(2)42)20-30(27)49-35)48-26-14-9-13-25(19-26)38-34(45)29(18-24-12-7-8-15-28(24)37)39-33(44)23-10-5-4-6-11-23/h4-15,18-19,21H,16-17,20H2,1-3H3,(H,38,45)(H,39,44)(H,40,43)/b29-18+. The third-order valence-corrected chi connectivity index (χ3v) is 10.2. The number of halogens is 1. The molecule has 4 amide bonds. The first kappa shape index (κ1) is 35.4. The van der Waals surface area contributed by atoms with Gasteiger partial charge in [-0.2, -0.15) is 0 Å². The quantitative estimate of drug-likeness (QED) is 0.0954. The third-order valence-electron chi connectivity index (χ3n) is 7.64. The molecule has 4 aromatic rings. The van der Waals surface area contributed by atoms with Gasteiger partial charge in [0.25, 0.3) is 11.8 Å². The van der Waals surface area contributed by atoms with Crippen LogP contribution in [0.5, 0.6) is 0 Å². The van der Waals surface area contributed by atoms with Gasteiger partial charge in [0.15, 0.2) is 0 Å². The summed E-state index contributed by atoms with van der Waals surface area (Å²) < 4.78 is 5.02. The zero-order valence-electron chi connectivity index (χ0n) is 26.9. The Labute approximate surface area is 296 Å². The molecule has 0 radical (unpaired) electrons. The first-order valence-electron chi connectivity index (χ1n) is 15.2. The van der Waals surface area contributed by atoms with E-state index in [0.717, 1.165) is 10.4 Å². The van der Waals surface area contributed by atoms with Gasteiger partial charge in [0.05, 0.1) is 24.5 Å². The van der Waals surface area contributed by atoms with E-state index >= 15 is 0 Å². The van der Waals surface area contributed by atoms with E-state index < -0.39 is 23.0 Å². The first-order chi connectivity index (χ1) is 23.5. The number of rotatable bonds is 10. The smallest absolute Gasteiger partial charge is 0.341 e. The lowest BCUT2D eigenvalue weighted by Gasteiger charge is -2.25. The van der Waals surface area contributed by atoms with Crippen molar-refractivity contribution in [2.45, 2.75) is 37.0 Å². The van der Waals surface area contributed by atoms with Gasteiger partial charge in [-0.1, -0.05) is 54.1 Å². The molecular weight excluding hydrogens is 684 g/mol. The number of amides is 4. The van der Waals surface area contributed by atoms with Gasteiger partial charge >= 0.3 is 5.97 Å². The predicted octanol–water partition coefficient (Wildman–Crippen LogP) is 6.62. The van der Waals surface area contributed by atoms with Gasteiger partial charge in [0, 0.05) is 39.5 Å². The molecule has 1 aliphatic rings. The topological polar surface area (TPSA) is 134 Å². The third kappa shape index (κ3) is 8.77. The van der Waals surface area contributed by atoms with Crippen LogP contribution in [0.4, 0.5) is 10.7 Å². The molecule has 2 heterocycles. The Bertz CT molecular complexity index is 1940. The monoisotopic (exact) mass is 716 g/mol. The van der Waals surface area contributed by atoms with Gasteiger partial charge in [0.2, 0.25) is 11.8 Å². The van der Waals surface area contributed by atoms with E-state index in [1.165, 1.54) is 43.2 Å². The number of anilines is 2. The molecule has 49 heavy (non-hydrogen) atoms. The van der Waals surface area contributed by atoms with Crippen LogP contribution in [-0.2, 0) is 32.1 Å². The lowest BCUT2D eigenvalue weighted by Crippen LogP contribution is -2.33. The van der Waals surface area contributed by atoms with Crippen molar-refractivity contribution < 1.29 is 28.7 Å². The summed E-state index contributed by atoms with van der Waals surface area (Å²) in [5, 5.41) is 8.63. The molecule has 1 aromatic heterocycles. The Balaban J connectivity index is 1.30. The number of hydrogen-bond donors (Lipinski definition) is 3. The first-order valence-corrected chi connectivity index (χ1v) is 17.3. The van der Waals surface area contributed by atoms with Crippen LogP contribution >= 0.6 is 34.7 Å². The highest BCUT2D eigenvalue weighted by molar-refractivity contribution is 8.00. The van der Waals surface area contributed by atoms with Crippen molar-refractivity contribution in [1.82, 2.24) is 10.2 Å². The minimum Gasteiger partial charge on any atom is -0.465 e. The highest BCUT2D eigenvalue weighted by Crippen LogP contribution is 2.38. The van der Waals surface area contributed by atoms with Crippen molar-refractivity contribution in [3.8, 4) is 0 Å². The van der Waals surface area contributed by atoms with Crippen LogP contribution in [0.3, 0.4) is 0 Å². The highest BCUT2D eigenvalue weighted by Gasteiger charge is 2.31. The van der Waals surface area contributed by atoms with Crippen molar-refractivity contribution in [2.75, 3.05) is 24.3 Å². The van der Waals surface area contributed by atoms with Crippen molar-refractivity contribution in [1.29, 1.82) is 0 Å². The number of hydrogen-bond acceptors (Lipinski definition) is 8. The van der Waals surface area contributed by atoms with Crippen molar-refractivity contribution in [3.05, 3.63) is 117 Å². The molecule has 13 heteroatoms. The lowest BCUT2D eigenvalue weighted by atomic mass is 10.0. The molecule has 1 atom stereocenters. The summed E-state index contributed by atoms with van der Waals surface area (Å²) in [5.41, 5.74) is 2.46. The van der Waals surface area contributed by atoms with Crippen LogP contribution in [0.1, 0.15) is 50.6 Å². The summed E-state index contributed by atoms with van der Waals surface area (Å²) in [6.45, 7) is 4.08. The summed E-state index contributed by atoms with van der Waals surface area (Å²) in [5.74, 6) is -1.97. The summed E-state index contributed by atoms with van der Waals surface area (Å²) in [6.07, 6.45) is 1.99.